The number of fused-ring (bicyclic) bond motifs is 1. The largest absolute Gasteiger partial charge is 0.478 e. The maximum Gasteiger partial charge on any atom is 0.339 e. The minimum absolute atomic E-state index is 0.328. The Morgan fingerprint density at radius 1 is 1.45 bits per heavy atom. The Morgan fingerprint density at radius 2 is 2.25 bits per heavy atom. The monoisotopic (exact) mass is 288 g/mol. The first-order valence-electron chi connectivity index (χ1n) is 6.58. The maximum absolute atomic E-state index is 11.5. The number of anilines is 1. The Bertz CT molecular complexity index is 679. The van der Waals surface area contributed by atoms with Crippen LogP contribution in [0.15, 0.2) is 17.5 Å². The number of nitrogens with zero attached hydrogens (tertiary/aromatic N) is 2. The van der Waals surface area contributed by atoms with Crippen LogP contribution < -0.4 is 4.90 Å². The highest BCUT2D eigenvalue weighted by atomic mass is 32.1. The Morgan fingerprint density at radius 3 is 3.00 bits per heavy atom. The SMILES string of the molecule is Cc1cc(N2CCc3sccc3C2)c(C(=O)O)c(C)n1. The van der Waals surface area contributed by atoms with Gasteiger partial charge in [0.25, 0.3) is 0 Å². The summed E-state index contributed by atoms with van der Waals surface area (Å²) in [5.41, 5.74) is 3.88. The number of aromatic carboxylic acids is 1. The molecular weight excluding hydrogens is 272 g/mol. The van der Waals surface area contributed by atoms with Gasteiger partial charge in [0, 0.05) is 23.7 Å². The molecule has 0 bridgehead atoms. The normalized spacial score (nSPS) is 14.2. The molecule has 0 atom stereocenters. The zero-order valence-electron chi connectivity index (χ0n) is 11.5. The van der Waals surface area contributed by atoms with Gasteiger partial charge in [-0.05, 0) is 43.3 Å². The molecule has 3 rings (SSSR count). The molecule has 0 fully saturated rings. The number of hydrogen-bond acceptors (Lipinski definition) is 4. The second-order valence-corrected chi connectivity index (χ2v) is 6.09. The van der Waals surface area contributed by atoms with E-state index in [9.17, 15) is 9.90 Å². The summed E-state index contributed by atoms with van der Waals surface area (Å²) in [5.74, 6) is -0.902. The van der Waals surface area contributed by atoms with Gasteiger partial charge in [0.1, 0.15) is 5.56 Å². The average molecular weight is 288 g/mol. The van der Waals surface area contributed by atoms with Crippen molar-refractivity contribution >= 4 is 23.0 Å². The van der Waals surface area contributed by atoms with E-state index >= 15 is 0 Å². The van der Waals surface area contributed by atoms with E-state index in [-0.39, 0.29) is 0 Å². The van der Waals surface area contributed by atoms with Crippen LogP contribution in [0.1, 0.15) is 32.2 Å². The third kappa shape index (κ3) is 2.18. The fraction of sp³-hybridized carbons (Fsp3) is 0.333. The highest BCUT2D eigenvalue weighted by Gasteiger charge is 2.24. The first kappa shape index (κ1) is 13.1. The summed E-state index contributed by atoms with van der Waals surface area (Å²) in [6, 6.07) is 4.02. The van der Waals surface area contributed by atoms with E-state index in [0.717, 1.165) is 30.9 Å². The number of carbonyl (C=O) groups is 1. The molecule has 2 aromatic heterocycles. The molecule has 104 valence electrons. The summed E-state index contributed by atoms with van der Waals surface area (Å²) in [6.45, 7) is 5.31. The molecule has 0 aromatic carbocycles. The van der Waals surface area contributed by atoms with E-state index < -0.39 is 5.97 Å². The smallest absolute Gasteiger partial charge is 0.339 e. The number of rotatable bonds is 2. The standard InChI is InChI=1S/C15H16N2O2S/c1-9-7-12(14(15(18)19)10(2)16-9)17-5-3-13-11(8-17)4-6-20-13/h4,6-7H,3,5,8H2,1-2H3,(H,18,19). The van der Waals surface area contributed by atoms with Crippen molar-refractivity contribution < 1.29 is 9.90 Å². The summed E-state index contributed by atoms with van der Waals surface area (Å²) in [6.07, 6.45) is 0.979. The Balaban J connectivity index is 2.05. The second-order valence-electron chi connectivity index (χ2n) is 5.09. The van der Waals surface area contributed by atoms with Gasteiger partial charge in [0.2, 0.25) is 0 Å². The van der Waals surface area contributed by atoms with Gasteiger partial charge in [0.05, 0.1) is 11.4 Å². The summed E-state index contributed by atoms with van der Waals surface area (Å²) in [4.78, 5) is 19.4. The molecule has 0 amide bonds. The predicted octanol–water partition coefficient (Wildman–Crippen LogP) is 3.02. The van der Waals surface area contributed by atoms with Crippen molar-refractivity contribution in [3.05, 3.63) is 44.9 Å². The lowest BCUT2D eigenvalue weighted by molar-refractivity contribution is 0.0696. The number of carboxylic acids is 1. The van der Waals surface area contributed by atoms with Gasteiger partial charge >= 0.3 is 5.97 Å². The van der Waals surface area contributed by atoms with Crippen LogP contribution in [-0.2, 0) is 13.0 Å². The molecule has 2 aromatic rings. The molecule has 0 saturated heterocycles. The van der Waals surface area contributed by atoms with Crippen LogP contribution in [0.3, 0.4) is 0 Å². The number of aryl methyl sites for hydroxylation is 2. The molecule has 3 heterocycles. The van der Waals surface area contributed by atoms with E-state index in [1.165, 1.54) is 10.4 Å². The van der Waals surface area contributed by atoms with E-state index in [1.54, 1.807) is 18.3 Å². The second kappa shape index (κ2) is 4.90. The summed E-state index contributed by atoms with van der Waals surface area (Å²) in [5, 5.41) is 11.6. The molecule has 0 spiro atoms. The van der Waals surface area contributed by atoms with Crippen molar-refractivity contribution in [2.24, 2.45) is 0 Å². The number of hydrogen-bond donors (Lipinski definition) is 1. The third-order valence-electron chi connectivity index (χ3n) is 3.67. The predicted molar refractivity (Wildman–Crippen MR) is 79.7 cm³/mol. The first-order chi connectivity index (χ1) is 9.56. The van der Waals surface area contributed by atoms with Crippen molar-refractivity contribution in [1.29, 1.82) is 0 Å². The van der Waals surface area contributed by atoms with Crippen molar-refractivity contribution in [2.75, 3.05) is 11.4 Å². The minimum Gasteiger partial charge on any atom is -0.478 e. The molecule has 5 heteroatoms. The number of pyridine rings is 1. The highest BCUT2D eigenvalue weighted by molar-refractivity contribution is 7.10. The van der Waals surface area contributed by atoms with Crippen LogP contribution in [0.2, 0.25) is 0 Å². The number of carboxylic acid groups (broad SMARTS) is 1. The lowest BCUT2D eigenvalue weighted by Gasteiger charge is -2.30. The van der Waals surface area contributed by atoms with Gasteiger partial charge in [-0.1, -0.05) is 0 Å². The molecule has 1 aliphatic heterocycles. The van der Waals surface area contributed by atoms with E-state index in [4.69, 9.17) is 0 Å². The minimum atomic E-state index is -0.902. The molecule has 4 nitrogen and oxygen atoms in total. The number of thiophene rings is 1. The molecular formula is C15H16N2O2S. The van der Waals surface area contributed by atoms with Gasteiger partial charge in [0.15, 0.2) is 0 Å². The van der Waals surface area contributed by atoms with Crippen LogP contribution in [0.5, 0.6) is 0 Å². The van der Waals surface area contributed by atoms with Crippen LogP contribution in [0.4, 0.5) is 5.69 Å². The van der Waals surface area contributed by atoms with Gasteiger partial charge < -0.3 is 10.0 Å². The van der Waals surface area contributed by atoms with Gasteiger partial charge in [-0.25, -0.2) is 4.79 Å². The molecule has 20 heavy (non-hydrogen) atoms. The fourth-order valence-electron chi connectivity index (χ4n) is 2.78. The van der Waals surface area contributed by atoms with Gasteiger partial charge in [-0.3, -0.25) is 4.98 Å². The zero-order valence-corrected chi connectivity index (χ0v) is 12.3. The van der Waals surface area contributed by atoms with Crippen LogP contribution in [0.25, 0.3) is 0 Å². The van der Waals surface area contributed by atoms with Crippen molar-refractivity contribution in [2.45, 2.75) is 26.8 Å². The average Bonchev–Trinajstić information content (AvgIpc) is 2.84. The van der Waals surface area contributed by atoms with Crippen molar-refractivity contribution in [3.8, 4) is 0 Å². The van der Waals surface area contributed by atoms with Crippen molar-refractivity contribution in [3.63, 3.8) is 0 Å². The molecule has 0 saturated carbocycles. The first-order valence-corrected chi connectivity index (χ1v) is 7.46. The molecule has 1 N–H and O–H groups in total. The van der Waals surface area contributed by atoms with E-state index in [1.807, 2.05) is 13.0 Å². The van der Waals surface area contributed by atoms with Crippen LogP contribution in [0, 0.1) is 13.8 Å². The van der Waals surface area contributed by atoms with E-state index in [0.29, 0.717) is 11.3 Å². The van der Waals surface area contributed by atoms with E-state index in [2.05, 4.69) is 21.3 Å². The Hall–Kier alpha value is -1.88. The summed E-state index contributed by atoms with van der Waals surface area (Å²) in [7, 11) is 0. The third-order valence-corrected chi connectivity index (χ3v) is 4.69. The highest BCUT2D eigenvalue weighted by Crippen LogP contribution is 2.31. The molecule has 0 aliphatic carbocycles. The zero-order chi connectivity index (χ0) is 14.3. The van der Waals surface area contributed by atoms with Crippen LogP contribution >= 0.6 is 11.3 Å². The van der Waals surface area contributed by atoms with Gasteiger partial charge in [-0.15, -0.1) is 11.3 Å². The summed E-state index contributed by atoms with van der Waals surface area (Å²) >= 11 is 1.78. The quantitative estimate of drug-likeness (QED) is 0.923. The Labute approximate surface area is 121 Å². The van der Waals surface area contributed by atoms with Gasteiger partial charge in [-0.2, -0.15) is 0 Å². The number of aromatic nitrogens is 1. The maximum atomic E-state index is 11.5. The molecule has 0 unspecified atom stereocenters. The van der Waals surface area contributed by atoms with Crippen LogP contribution in [-0.4, -0.2) is 22.6 Å². The fourth-order valence-corrected chi connectivity index (χ4v) is 3.67. The lowest BCUT2D eigenvalue weighted by atomic mass is 10.1. The van der Waals surface area contributed by atoms with Crippen molar-refractivity contribution in [1.82, 2.24) is 4.98 Å². The summed E-state index contributed by atoms with van der Waals surface area (Å²) < 4.78 is 0. The lowest BCUT2D eigenvalue weighted by Crippen LogP contribution is -2.31. The molecule has 0 radical (unpaired) electrons. The Kier molecular flexibility index (Phi) is 3.22. The topological polar surface area (TPSA) is 53.4 Å². The molecule has 1 aliphatic rings.